The topological polar surface area (TPSA) is 61.4 Å². The van der Waals surface area contributed by atoms with Gasteiger partial charge >= 0.3 is 12.2 Å². The number of anilines is 1. The van der Waals surface area contributed by atoms with E-state index in [0.717, 1.165) is 0 Å². The molecule has 0 saturated heterocycles. The van der Waals surface area contributed by atoms with Crippen LogP contribution in [0.15, 0.2) is 24.3 Å². The Morgan fingerprint density at radius 2 is 1.91 bits per heavy atom. The Labute approximate surface area is 134 Å². The van der Waals surface area contributed by atoms with Crippen molar-refractivity contribution in [3.8, 4) is 0 Å². The second-order valence-corrected chi connectivity index (χ2v) is 5.75. The van der Waals surface area contributed by atoms with E-state index in [1.807, 2.05) is 13.8 Å². The van der Waals surface area contributed by atoms with E-state index in [1.165, 1.54) is 0 Å². The fourth-order valence-corrected chi connectivity index (χ4v) is 1.97. The summed E-state index contributed by atoms with van der Waals surface area (Å²) in [5.41, 5.74) is 0.792. The van der Waals surface area contributed by atoms with E-state index in [4.69, 9.17) is 0 Å². The molecule has 3 N–H and O–H groups in total. The molecule has 1 unspecified atom stereocenters. The molecule has 0 saturated carbocycles. The van der Waals surface area contributed by atoms with Crippen LogP contribution in [0.3, 0.4) is 0 Å². The van der Waals surface area contributed by atoms with Gasteiger partial charge in [-0.15, -0.1) is 0 Å². The van der Waals surface area contributed by atoms with Gasteiger partial charge in [-0.25, -0.2) is 4.79 Å². The third-order valence-electron chi connectivity index (χ3n) is 3.44. The van der Waals surface area contributed by atoms with Gasteiger partial charge in [0.1, 0.15) is 0 Å². The number of hydrogen-bond acceptors (Lipinski definition) is 2. The Kier molecular flexibility index (Phi) is 7.35. The van der Waals surface area contributed by atoms with Crippen LogP contribution in [0.25, 0.3) is 0 Å². The Hall–Kier alpha value is -1.76. The van der Waals surface area contributed by atoms with E-state index >= 15 is 0 Å². The van der Waals surface area contributed by atoms with Gasteiger partial charge in [0.25, 0.3) is 0 Å². The number of carbonyl (C=O) groups is 1. The maximum Gasteiger partial charge on any atom is 0.389 e. The number of hydrogen-bond donors (Lipinski definition) is 3. The summed E-state index contributed by atoms with van der Waals surface area (Å²) in [6.07, 6.45) is -5.45. The van der Waals surface area contributed by atoms with Crippen molar-refractivity contribution >= 4 is 11.7 Å². The SMILES string of the molecule is CC(C)C(O)CCNC(=O)Nc1ccccc1CCC(F)(F)F. The molecule has 1 rings (SSSR count). The van der Waals surface area contributed by atoms with Crippen LogP contribution in [-0.2, 0) is 6.42 Å². The first-order valence-electron chi connectivity index (χ1n) is 7.56. The number of para-hydroxylation sites is 1. The Bertz CT molecular complexity index is 504. The van der Waals surface area contributed by atoms with Crippen LogP contribution in [0, 0.1) is 5.92 Å². The van der Waals surface area contributed by atoms with Crippen LogP contribution < -0.4 is 10.6 Å². The van der Waals surface area contributed by atoms with Gasteiger partial charge in [-0.1, -0.05) is 32.0 Å². The van der Waals surface area contributed by atoms with Gasteiger partial charge < -0.3 is 15.7 Å². The molecule has 1 atom stereocenters. The first-order valence-corrected chi connectivity index (χ1v) is 7.56. The number of nitrogens with one attached hydrogen (secondary N) is 2. The lowest BCUT2D eigenvalue weighted by atomic mass is 10.0. The molecule has 130 valence electrons. The third-order valence-corrected chi connectivity index (χ3v) is 3.44. The van der Waals surface area contributed by atoms with Gasteiger partial charge in [-0.2, -0.15) is 13.2 Å². The first-order chi connectivity index (χ1) is 10.7. The van der Waals surface area contributed by atoms with Crippen LogP contribution in [0.4, 0.5) is 23.7 Å². The monoisotopic (exact) mass is 332 g/mol. The number of halogens is 3. The summed E-state index contributed by atoms with van der Waals surface area (Å²) in [4.78, 5) is 11.8. The summed E-state index contributed by atoms with van der Waals surface area (Å²) in [7, 11) is 0. The molecule has 0 aliphatic rings. The molecule has 0 radical (unpaired) electrons. The van der Waals surface area contributed by atoms with Crippen LogP contribution in [0.5, 0.6) is 0 Å². The number of aliphatic hydroxyl groups excluding tert-OH is 1. The molecule has 0 aliphatic carbocycles. The van der Waals surface area contributed by atoms with E-state index in [0.29, 0.717) is 17.7 Å². The zero-order chi connectivity index (χ0) is 17.5. The highest BCUT2D eigenvalue weighted by atomic mass is 19.4. The summed E-state index contributed by atoms with van der Waals surface area (Å²) < 4.78 is 37.0. The van der Waals surface area contributed by atoms with Crippen molar-refractivity contribution in [3.63, 3.8) is 0 Å². The van der Waals surface area contributed by atoms with E-state index in [1.54, 1.807) is 24.3 Å². The second kappa shape index (κ2) is 8.76. The van der Waals surface area contributed by atoms with Crippen molar-refractivity contribution in [2.24, 2.45) is 5.92 Å². The molecule has 0 fully saturated rings. The first kappa shape index (κ1) is 19.3. The Morgan fingerprint density at radius 1 is 1.26 bits per heavy atom. The summed E-state index contributed by atoms with van der Waals surface area (Å²) in [5, 5.41) is 14.8. The third kappa shape index (κ3) is 7.88. The number of aryl methyl sites for hydroxylation is 1. The lowest BCUT2D eigenvalue weighted by molar-refractivity contribution is -0.133. The number of urea groups is 1. The second-order valence-electron chi connectivity index (χ2n) is 5.75. The standard InChI is InChI=1S/C16H23F3N2O2/c1-11(2)14(22)8-10-20-15(23)21-13-6-4-3-5-12(13)7-9-16(17,18)19/h3-6,11,14,22H,7-10H2,1-2H3,(H2,20,21,23). The molecule has 0 spiro atoms. The summed E-state index contributed by atoms with van der Waals surface area (Å²) in [6, 6.07) is 5.90. The van der Waals surface area contributed by atoms with E-state index in [-0.39, 0.29) is 18.9 Å². The van der Waals surface area contributed by atoms with E-state index in [9.17, 15) is 23.1 Å². The lowest BCUT2D eigenvalue weighted by Crippen LogP contribution is -2.32. The highest BCUT2D eigenvalue weighted by molar-refractivity contribution is 5.90. The van der Waals surface area contributed by atoms with E-state index < -0.39 is 24.7 Å². The van der Waals surface area contributed by atoms with Crippen molar-refractivity contribution in [2.45, 2.75) is 45.4 Å². The van der Waals surface area contributed by atoms with Gasteiger partial charge in [0.15, 0.2) is 0 Å². The molecule has 1 aromatic carbocycles. The largest absolute Gasteiger partial charge is 0.393 e. The minimum atomic E-state index is -4.23. The van der Waals surface area contributed by atoms with Crippen molar-refractivity contribution in [3.05, 3.63) is 29.8 Å². The Balaban J connectivity index is 2.51. The maximum atomic E-state index is 12.3. The smallest absolute Gasteiger partial charge is 0.389 e. The van der Waals surface area contributed by atoms with Crippen molar-refractivity contribution in [1.29, 1.82) is 0 Å². The molecule has 23 heavy (non-hydrogen) atoms. The number of rotatable bonds is 7. The molecule has 0 aromatic heterocycles. The Morgan fingerprint density at radius 3 is 2.52 bits per heavy atom. The highest BCUT2D eigenvalue weighted by Gasteiger charge is 2.27. The van der Waals surface area contributed by atoms with Crippen LogP contribution in [-0.4, -0.2) is 30.0 Å². The predicted molar refractivity (Wildman–Crippen MR) is 83.3 cm³/mol. The normalized spacial score (nSPS) is 13.0. The lowest BCUT2D eigenvalue weighted by Gasteiger charge is -2.15. The summed E-state index contributed by atoms with van der Waals surface area (Å²) in [5.74, 6) is 0.1000. The van der Waals surface area contributed by atoms with Gasteiger partial charge in [0.05, 0.1) is 6.10 Å². The number of carbonyl (C=O) groups excluding carboxylic acids is 1. The average molecular weight is 332 g/mol. The molecule has 0 aliphatic heterocycles. The number of alkyl halides is 3. The molecule has 1 aromatic rings. The average Bonchev–Trinajstić information content (AvgIpc) is 2.45. The predicted octanol–water partition coefficient (Wildman–Crippen LogP) is 3.71. The van der Waals surface area contributed by atoms with Crippen LogP contribution >= 0.6 is 0 Å². The molecular weight excluding hydrogens is 309 g/mol. The van der Waals surface area contributed by atoms with Crippen LogP contribution in [0.2, 0.25) is 0 Å². The molecule has 4 nitrogen and oxygen atoms in total. The van der Waals surface area contributed by atoms with Crippen molar-refractivity contribution in [2.75, 3.05) is 11.9 Å². The minimum absolute atomic E-state index is 0.1000. The van der Waals surface area contributed by atoms with E-state index in [2.05, 4.69) is 10.6 Å². The van der Waals surface area contributed by atoms with Crippen LogP contribution in [0.1, 0.15) is 32.3 Å². The van der Waals surface area contributed by atoms with Gasteiger partial charge in [0, 0.05) is 18.7 Å². The molecule has 7 heteroatoms. The molecule has 2 amide bonds. The quantitative estimate of drug-likeness (QED) is 0.713. The van der Waals surface area contributed by atoms with Crippen molar-refractivity contribution in [1.82, 2.24) is 5.32 Å². The molecule has 0 heterocycles. The molecular formula is C16H23F3N2O2. The highest BCUT2D eigenvalue weighted by Crippen LogP contribution is 2.25. The summed E-state index contributed by atoms with van der Waals surface area (Å²) >= 11 is 0. The van der Waals surface area contributed by atoms with Gasteiger partial charge in [-0.3, -0.25) is 0 Å². The van der Waals surface area contributed by atoms with Gasteiger partial charge in [-0.05, 0) is 30.4 Å². The maximum absolute atomic E-state index is 12.3. The van der Waals surface area contributed by atoms with Gasteiger partial charge in [0.2, 0.25) is 0 Å². The zero-order valence-electron chi connectivity index (χ0n) is 13.3. The number of benzene rings is 1. The summed E-state index contributed by atoms with van der Waals surface area (Å²) in [6.45, 7) is 4.04. The number of aliphatic hydroxyl groups is 1. The molecule has 0 bridgehead atoms. The van der Waals surface area contributed by atoms with Crippen molar-refractivity contribution < 1.29 is 23.1 Å². The minimum Gasteiger partial charge on any atom is -0.393 e. The number of amides is 2. The fraction of sp³-hybridized carbons (Fsp3) is 0.562. The fourth-order valence-electron chi connectivity index (χ4n) is 1.97. The zero-order valence-corrected chi connectivity index (χ0v) is 13.3.